The van der Waals surface area contributed by atoms with Gasteiger partial charge < -0.3 is 10.1 Å². The molecule has 0 amide bonds. The number of rotatable bonds is 11. The molecule has 1 N–H and O–H groups in total. The van der Waals surface area contributed by atoms with Crippen molar-refractivity contribution >= 4 is 5.78 Å². The zero-order valence-electron chi connectivity index (χ0n) is 21.8. The van der Waals surface area contributed by atoms with Gasteiger partial charge in [0.05, 0.1) is 17.9 Å². The summed E-state index contributed by atoms with van der Waals surface area (Å²) in [4.78, 5) is 24.7. The molecule has 38 heavy (non-hydrogen) atoms. The summed E-state index contributed by atoms with van der Waals surface area (Å²) < 4.78 is 5.92. The number of hydrogen-bond acceptors (Lipinski definition) is 6. The first-order valence-corrected chi connectivity index (χ1v) is 13.3. The minimum atomic E-state index is -0.214. The van der Waals surface area contributed by atoms with Gasteiger partial charge >= 0.3 is 0 Å². The topological polar surface area (TPSA) is 67.3 Å². The van der Waals surface area contributed by atoms with Crippen LogP contribution in [0.3, 0.4) is 0 Å². The number of carbonyl (C=O) groups excluding carboxylic acids is 1. The predicted octanol–water partition coefficient (Wildman–Crippen LogP) is 5.14. The van der Waals surface area contributed by atoms with Gasteiger partial charge in [-0.3, -0.25) is 19.7 Å². The van der Waals surface area contributed by atoms with Crippen LogP contribution in [0.25, 0.3) is 0 Å². The number of allylic oxidation sites excluding steroid dienone is 4. The first-order valence-electron chi connectivity index (χ1n) is 13.3. The van der Waals surface area contributed by atoms with E-state index in [1.165, 1.54) is 11.1 Å². The average Bonchev–Trinajstić information content (AvgIpc) is 2.97. The number of pyridine rings is 2. The van der Waals surface area contributed by atoms with Crippen LogP contribution in [0.2, 0.25) is 0 Å². The highest BCUT2D eigenvalue weighted by Gasteiger charge is 2.35. The van der Waals surface area contributed by atoms with E-state index in [2.05, 4.69) is 57.4 Å². The van der Waals surface area contributed by atoms with Crippen LogP contribution in [0.1, 0.15) is 35.9 Å². The summed E-state index contributed by atoms with van der Waals surface area (Å²) in [6, 6.07) is 20.5. The predicted molar refractivity (Wildman–Crippen MR) is 149 cm³/mol. The first-order chi connectivity index (χ1) is 18.7. The normalized spacial score (nSPS) is 17.4. The van der Waals surface area contributed by atoms with Crippen molar-refractivity contribution in [1.29, 1.82) is 0 Å². The Morgan fingerprint density at radius 1 is 1.00 bits per heavy atom. The van der Waals surface area contributed by atoms with Crippen LogP contribution in [-0.4, -0.2) is 33.2 Å². The first kappa shape index (κ1) is 25.8. The Kier molecular flexibility index (Phi) is 8.53. The number of Topliss-reactive ketones (excluding diaryl/α,β-unsaturated/α-hetero) is 1. The van der Waals surface area contributed by atoms with Crippen LogP contribution in [0, 0.1) is 5.92 Å². The van der Waals surface area contributed by atoms with E-state index in [0.717, 1.165) is 55.3 Å². The molecule has 1 aromatic carbocycles. The molecule has 1 aliphatic heterocycles. The Bertz CT molecular complexity index is 1320. The molecular formula is C32H34N4O2. The number of carbonyl (C=O) groups is 1. The lowest BCUT2D eigenvalue weighted by Gasteiger charge is -2.34. The summed E-state index contributed by atoms with van der Waals surface area (Å²) in [5, 5.41) is 3.49. The van der Waals surface area contributed by atoms with Gasteiger partial charge in [-0.2, -0.15) is 0 Å². The van der Waals surface area contributed by atoms with E-state index in [4.69, 9.17) is 4.74 Å². The number of benzene rings is 1. The smallest absolute Gasteiger partial charge is 0.174 e. The summed E-state index contributed by atoms with van der Waals surface area (Å²) in [7, 11) is 0. The average molecular weight is 507 g/mol. The molecule has 0 saturated carbocycles. The summed E-state index contributed by atoms with van der Waals surface area (Å²) in [6.45, 7) is 5.09. The van der Waals surface area contributed by atoms with Crippen molar-refractivity contribution in [2.45, 2.75) is 45.4 Å². The number of hydrogen-bond donors (Lipinski definition) is 1. The maximum atomic E-state index is 13.4. The number of ether oxygens (including phenoxy) is 1. The van der Waals surface area contributed by atoms with Crippen molar-refractivity contribution in [3.63, 3.8) is 0 Å². The molecule has 0 spiro atoms. The highest BCUT2D eigenvalue weighted by molar-refractivity contribution is 6.00. The van der Waals surface area contributed by atoms with Crippen LogP contribution >= 0.6 is 0 Å². The largest absolute Gasteiger partial charge is 0.468 e. The minimum absolute atomic E-state index is 0.0930. The monoisotopic (exact) mass is 506 g/mol. The van der Waals surface area contributed by atoms with Crippen molar-refractivity contribution in [2.75, 3.05) is 6.54 Å². The third-order valence-electron chi connectivity index (χ3n) is 7.15. The van der Waals surface area contributed by atoms with E-state index < -0.39 is 0 Å². The second kappa shape index (κ2) is 12.6. The zero-order chi connectivity index (χ0) is 26.2. The molecule has 0 radical (unpaired) electrons. The van der Waals surface area contributed by atoms with Gasteiger partial charge in [0.15, 0.2) is 5.78 Å². The standard InChI is InChI=1S/C32H34N4O2/c1-24(30-23-38-31-14-3-2-13-29(31)32(30)37)36(18-15-27-11-4-6-16-34-27)22-26-10-8-9-25(19-26)20-33-21-28-12-5-7-17-35-28/h2-12,14,16-17,19,23-24,29,33H,13,15,18,20-22H2,1H3. The van der Waals surface area contributed by atoms with Crippen LogP contribution in [-0.2, 0) is 35.6 Å². The fourth-order valence-corrected chi connectivity index (χ4v) is 4.98. The lowest BCUT2D eigenvalue weighted by atomic mass is 9.86. The molecule has 0 bridgehead atoms. The van der Waals surface area contributed by atoms with Gasteiger partial charge in [-0.25, -0.2) is 0 Å². The maximum Gasteiger partial charge on any atom is 0.174 e. The summed E-state index contributed by atoms with van der Waals surface area (Å²) in [5.74, 6) is 0.697. The lowest BCUT2D eigenvalue weighted by molar-refractivity contribution is -0.120. The zero-order valence-corrected chi connectivity index (χ0v) is 21.8. The third-order valence-corrected chi connectivity index (χ3v) is 7.15. The van der Waals surface area contributed by atoms with E-state index >= 15 is 0 Å². The Balaban J connectivity index is 1.30. The van der Waals surface area contributed by atoms with Crippen molar-refractivity contribution in [2.24, 2.45) is 5.92 Å². The van der Waals surface area contributed by atoms with Gasteiger partial charge in [-0.15, -0.1) is 0 Å². The molecule has 2 unspecified atom stereocenters. The molecule has 3 aromatic rings. The van der Waals surface area contributed by atoms with E-state index in [1.807, 2.05) is 61.0 Å². The van der Waals surface area contributed by atoms with Crippen molar-refractivity contribution in [1.82, 2.24) is 20.2 Å². The third kappa shape index (κ3) is 6.52. The van der Waals surface area contributed by atoms with Gasteiger partial charge in [0.1, 0.15) is 5.76 Å². The molecule has 0 fully saturated rings. The Morgan fingerprint density at radius 3 is 2.58 bits per heavy atom. The number of nitrogens with one attached hydrogen (secondary N) is 1. The molecule has 2 aromatic heterocycles. The number of ketones is 1. The molecule has 194 valence electrons. The second-order valence-electron chi connectivity index (χ2n) is 9.80. The van der Waals surface area contributed by atoms with Crippen LogP contribution in [0.5, 0.6) is 0 Å². The van der Waals surface area contributed by atoms with E-state index in [0.29, 0.717) is 6.42 Å². The van der Waals surface area contributed by atoms with Gasteiger partial charge in [-0.1, -0.05) is 48.6 Å². The van der Waals surface area contributed by atoms with Crippen LogP contribution in [0.4, 0.5) is 0 Å². The van der Waals surface area contributed by atoms with Crippen molar-refractivity contribution in [3.05, 3.63) is 131 Å². The second-order valence-corrected chi connectivity index (χ2v) is 9.80. The summed E-state index contributed by atoms with van der Waals surface area (Å²) in [6.07, 6.45) is 12.7. The molecule has 1 aliphatic carbocycles. The number of fused-ring (bicyclic) bond motifs is 1. The minimum Gasteiger partial charge on any atom is -0.468 e. The molecule has 5 rings (SSSR count). The molecule has 0 saturated heterocycles. The van der Waals surface area contributed by atoms with Gasteiger partial charge in [0.25, 0.3) is 0 Å². The summed E-state index contributed by atoms with van der Waals surface area (Å²) >= 11 is 0. The van der Waals surface area contributed by atoms with Crippen LogP contribution < -0.4 is 5.32 Å². The SMILES string of the molecule is CC(C1=COC2=CC=CCC2C1=O)N(CCc1ccccn1)Cc1cccc(CNCc2ccccn2)c1. The van der Waals surface area contributed by atoms with E-state index in [-0.39, 0.29) is 17.7 Å². The number of aromatic nitrogens is 2. The molecule has 2 aliphatic rings. The van der Waals surface area contributed by atoms with Crippen LogP contribution in [0.15, 0.2) is 109 Å². The van der Waals surface area contributed by atoms with Gasteiger partial charge in [-0.05, 0) is 54.8 Å². The Hall–Kier alpha value is -3.87. The van der Waals surface area contributed by atoms with E-state index in [9.17, 15) is 4.79 Å². The quantitative estimate of drug-likeness (QED) is 0.388. The molecule has 6 nitrogen and oxygen atoms in total. The lowest BCUT2D eigenvalue weighted by Crippen LogP contribution is -2.40. The Morgan fingerprint density at radius 2 is 1.79 bits per heavy atom. The van der Waals surface area contributed by atoms with E-state index in [1.54, 1.807) is 6.26 Å². The highest BCUT2D eigenvalue weighted by Crippen LogP contribution is 2.32. The number of nitrogens with zero attached hydrogens (tertiary/aromatic N) is 3. The molecular weight excluding hydrogens is 472 g/mol. The van der Waals surface area contributed by atoms with Crippen molar-refractivity contribution in [3.8, 4) is 0 Å². The van der Waals surface area contributed by atoms with Gasteiger partial charge in [0.2, 0.25) is 0 Å². The Labute approximate surface area is 224 Å². The maximum absolute atomic E-state index is 13.4. The van der Waals surface area contributed by atoms with Crippen molar-refractivity contribution < 1.29 is 9.53 Å². The fraction of sp³-hybridized carbons (Fsp3) is 0.281. The molecule has 3 heterocycles. The fourth-order valence-electron chi connectivity index (χ4n) is 4.98. The molecule has 6 heteroatoms. The summed E-state index contributed by atoms with van der Waals surface area (Å²) in [5.41, 5.74) is 5.23. The molecule has 2 atom stereocenters. The highest BCUT2D eigenvalue weighted by atomic mass is 16.5. The van der Waals surface area contributed by atoms with Gasteiger partial charge in [0, 0.05) is 62.3 Å².